The summed E-state index contributed by atoms with van der Waals surface area (Å²) in [6.45, 7) is 0.677. The fraction of sp³-hybridized carbons (Fsp3) is 0.188. The number of aromatic nitrogens is 4. The Labute approximate surface area is 140 Å². The summed E-state index contributed by atoms with van der Waals surface area (Å²) in [7, 11) is 0. The molecule has 9 nitrogen and oxygen atoms in total. The maximum absolute atomic E-state index is 12.8. The molecule has 3 aromatic rings. The number of nitrogen functional groups attached to an aromatic ring is 1. The molecule has 0 bridgehead atoms. The van der Waals surface area contributed by atoms with Crippen molar-refractivity contribution in [3.8, 4) is 0 Å². The Morgan fingerprint density at radius 1 is 1.24 bits per heavy atom. The number of nitrogens with zero attached hydrogens (tertiary/aromatic N) is 4. The number of hydrogen-bond acceptors (Lipinski definition) is 6. The van der Waals surface area contributed by atoms with Crippen LogP contribution in [0.5, 0.6) is 0 Å². The van der Waals surface area contributed by atoms with E-state index in [0.29, 0.717) is 29.1 Å². The second-order valence-corrected chi connectivity index (χ2v) is 5.80. The van der Waals surface area contributed by atoms with Gasteiger partial charge in [-0.15, -0.1) is 0 Å². The molecule has 0 spiro atoms. The van der Waals surface area contributed by atoms with Gasteiger partial charge in [0, 0.05) is 24.7 Å². The number of carbonyl (C=O) groups is 1. The summed E-state index contributed by atoms with van der Waals surface area (Å²) in [4.78, 5) is 41.7. The second-order valence-electron chi connectivity index (χ2n) is 5.80. The van der Waals surface area contributed by atoms with E-state index in [4.69, 9.17) is 5.73 Å². The van der Waals surface area contributed by atoms with Gasteiger partial charge in [0.2, 0.25) is 0 Å². The summed E-state index contributed by atoms with van der Waals surface area (Å²) in [5.41, 5.74) is 6.09. The van der Waals surface area contributed by atoms with Gasteiger partial charge in [0.25, 0.3) is 5.91 Å². The van der Waals surface area contributed by atoms with Crippen LogP contribution in [0.1, 0.15) is 16.2 Å². The van der Waals surface area contributed by atoms with Crippen LogP contribution in [0.3, 0.4) is 0 Å². The number of H-pyrrole nitrogens is 1. The van der Waals surface area contributed by atoms with Crippen LogP contribution in [0.4, 0.5) is 5.69 Å². The Bertz CT molecular complexity index is 1120. The van der Waals surface area contributed by atoms with Gasteiger partial charge in [0.1, 0.15) is 0 Å². The Kier molecular flexibility index (Phi) is 3.34. The predicted octanol–water partition coefficient (Wildman–Crippen LogP) is -0.282. The van der Waals surface area contributed by atoms with Gasteiger partial charge in [0.15, 0.2) is 5.82 Å². The minimum absolute atomic E-state index is 0.139. The summed E-state index contributed by atoms with van der Waals surface area (Å²) in [6.07, 6.45) is 1.49. The molecule has 0 fully saturated rings. The summed E-state index contributed by atoms with van der Waals surface area (Å²) >= 11 is 0. The number of carbonyl (C=O) groups excluding carboxylic acids is 1. The summed E-state index contributed by atoms with van der Waals surface area (Å²) in [6, 6.07) is 7.13. The number of rotatable bonds is 1. The van der Waals surface area contributed by atoms with Gasteiger partial charge in [-0.2, -0.15) is 5.10 Å². The molecule has 3 heterocycles. The topological polar surface area (TPSA) is 127 Å². The zero-order valence-corrected chi connectivity index (χ0v) is 13.1. The Hall–Kier alpha value is -3.49. The van der Waals surface area contributed by atoms with Crippen molar-refractivity contribution in [3.63, 3.8) is 0 Å². The molecular formula is C16H14N6O3. The van der Waals surface area contributed by atoms with Gasteiger partial charge in [-0.25, -0.2) is 5.10 Å². The summed E-state index contributed by atoms with van der Waals surface area (Å²) in [5.74, 6) is 0.130. The number of amides is 1. The average Bonchev–Trinajstić information content (AvgIpc) is 2.64. The fourth-order valence-electron chi connectivity index (χ4n) is 2.94. The number of benzene rings is 1. The number of nitrogens with one attached hydrogen (secondary N) is 1. The molecule has 4 rings (SSSR count). The molecule has 0 unspecified atom stereocenters. The zero-order chi connectivity index (χ0) is 17.6. The molecule has 0 atom stereocenters. The predicted molar refractivity (Wildman–Crippen MR) is 90.0 cm³/mol. The molecule has 1 amide bonds. The quantitative estimate of drug-likeness (QED) is 0.464. The normalized spacial score (nSPS) is 13.7. The first-order valence-electron chi connectivity index (χ1n) is 7.66. The van der Waals surface area contributed by atoms with E-state index in [9.17, 15) is 14.4 Å². The van der Waals surface area contributed by atoms with Crippen molar-refractivity contribution in [1.82, 2.24) is 24.6 Å². The number of hydrogen-bond donors (Lipinski definition) is 2. The zero-order valence-electron chi connectivity index (χ0n) is 13.1. The van der Waals surface area contributed by atoms with Crippen LogP contribution in [0.15, 0.2) is 40.1 Å². The van der Waals surface area contributed by atoms with E-state index < -0.39 is 11.1 Å². The van der Waals surface area contributed by atoms with Gasteiger partial charge in [-0.05, 0) is 12.1 Å². The Balaban J connectivity index is 1.67. The molecule has 0 saturated carbocycles. The fourth-order valence-corrected chi connectivity index (χ4v) is 2.94. The number of fused-ring (bicyclic) bond motifs is 2. The molecule has 25 heavy (non-hydrogen) atoms. The highest BCUT2D eigenvalue weighted by atomic mass is 16.2. The Morgan fingerprint density at radius 3 is 2.92 bits per heavy atom. The van der Waals surface area contributed by atoms with Crippen LogP contribution < -0.4 is 16.9 Å². The van der Waals surface area contributed by atoms with E-state index >= 15 is 0 Å². The molecular weight excluding hydrogens is 324 g/mol. The highest BCUT2D eigenvalue weighted by Crippen LogP contribution is 2.20. The molecule has 1 aliphatic rings. The van der Waals surface area contributed by atoms with Crippen molar-refractivity contribution >= 4 is 22.5 Å². The monoisotopic (exact) mass is 338 g/mol. The van der Waals surface area contributed by atoms with Gasteiger partial charge in [-0.3, -0.25) is 23.9 Å². The minimum atomic E-state index is -0.764. The van der Waals surface area contributed by atoms with Crippen LogP contribution in [0.25, 0.3) is 10.9 Å². The molecule has 0 radical (unpaired) electrons. The first-order chi connectivity index (χ1) is 12.0. The molecule has 126 valence electrons. The van der Waals surface area contributed by atoms with E-state index in [-0.39, 0.29) is 19.0 Å². The van der Waals surface area contributed by atoms with Crippen molar-refractivity contribution in [2.24, 2.45) is 0 Å². The van der Waals surface area contributed by atoms with Crippen molar-refractivity contribution in [3.05, 3.63) is 62.6 Å². The standard InChI is InChI=1S/C16H14N6O3/c17-11-3-1-2-9-6-10(7-18-13(9)11)15(24)21-4-5-22-12(8-21)19-20-14(23)16(22)25/h1-3,6-7H,4-5,8,17H2,(H,20,23). The smallest absolute Gasteiger partial charge is 0.330 e. The van der Waals surface area contributed by atoms with Gasteiger partial charge in [0.05, 0.1) is 23.3 Å². The van der Waals surface area contributed by atoms with Crippen molar-refractivity contribution in [2.45, 2.75) is 13.1 Å². The van der Waals surface area contributed by atoms with E-state index in [1.165, 1.54) is 10.8 Å². The lowest BCUT2D eigenvalue weighted by molar-refractivity contribution is 0.0702. The van der Waals surface area contributed by atoms with Crippen LogP contribution in [0, 0.1) is 0 Å². The van der Waals surface area contributed by atoms with Gasteiger partial charge >= 0.3 is 11.1 Å². The lowest BCUT2D eigenvalue weighted by atomic mass is 10.1. The second kappa shape index (κ2) is 5.55. The van der Waals surface area contributed by atoms with Crippen LogP contribution in [-0.2, 0) is 13.1 Å². The highest BCUT2D eigenvalue weighted by Gasteiger charge is 2.24. The van der Waals surface area contributed by atoms with Crippen molar-refractivity contribution in [1.29, 1.82) is 0 Å². The summed E-state index contributed by atoms with van der Waals surface area (Å²) in [5, 5.41) is 6.80. The molecule has 9 heteroatoms. The van der Waals surface area contributed by atoms with Crippen LogP contribution in [0.2, 0.25) is 0 Å². The third-order valence-corrected chi connectivity index (χ3v) is 4.24. The summed E-state index contributed by atoms with van der Waals surface area (Å²) < 4.78 is 1.29. The largest absolute Gasteiger partial charge is 0.397 e. The van der Waals surface area contributed by atoms with E-state index in [1.807, 2.05) is 6.07 Å². The molecule has 0 saturated heterocycles. The lowest BCUT2D eigenvalue weighted by Crippen LogP contribution is -2.47. The van der Waals surface area contributed by atoms with Gasteiger partial charge < -0.3 is 10.6 Å². The first kappa shape index (κ1) is 15.1. The molecule has 0 aliphatic carbocycles. The number of para-hydroxylation sites is 1. The third kappa shape index (κ3) is 2.45. The minimum Gasteiger partial charge on any atom is -0.397 e. The van der Waals surface area contributed by atoms with Crippen molar-refractivity contribution < 1.29 is 4.79 Å². The first-order valence-corrected chi connectivity index (χ1v) is 7.66. The number of nitrogens with two attached hydrogens (primary N) is 1. The molecule has 3 N–H and O–H groups in total. The number of aromatic amines is 1. The SMILES string of the molecule is Nc1cccc2cc(C(=O)N3CCn4c(n[nH]c(=O)c4=O)C3)cnc12. The number of pyridine rings is 1. The average molecular weight is 338 g/mol. The van der Waals surface area contributed by atoms with Gasteiger partial charge in [-0.1, -0.05) is 12.1 Å². The highest BCUT2D eigenvalue weighted by molar-refractivity contribution is 5.99. The lowest BCUT2D eigenvalue weighted by Gasteiger charge is -2.28. The maximum atomic E-state index is 12.8. The van der Waals surface area contributed by atoms with Crippen LogP contribution >= 0.6 is 0 Å². The maximum Gasteiger partial charge on any atom is 0.330 e. The molecule has 2 aromatic heterocycles. The number of anilines is 1. The van der Waals surface area contributed by atoms with E-state index in [1.54, 1.807) is 23.1 Å². The Morgan fingerprint density at radius 2 is 2.08 bits per heavy atom. The van der Waals surface area contributed by atoms with Crippen molar-refractivity contribution in [2.75, 3.05) is 12.3 Å². The van der Waals surface area contributed by atoms with E-state index in [0.717, 1.165) is 5.39 Å². The molecule has 1 aromatic carbocycles. The van der Waals surface area contributed by atoms with Crippen LogP contribution in [-0.4, -0.2) is 37.1 Å². The third-order valence-electron chi connectivity index (χ3n) is 4.24. The molecule has 1 aliphatic heterocycles. The van der Waals surface area contributed by atoms with E-state index in [2.05, 4.69) is 15.2 Å².